The molecule has 3 aromatic rings. The Kier molecular flexibility index (Phi) is 5.97. The molecule has 1 aromatic heterocycles. The van der Waals surface area contributed by atoms with E-state index in [2.05, 4.69) is 15.6 Å². The third kappa shape index (κ3) is 5.06. The van der Waals surface area contributed by atoms with Crippen LogP contribution >= 0.6 is 22.9 Å². The molecule has 28 heavy (non-hydrogen) atoms. The molecule has 2 amide bonds. The van der Waals surface area contributed by atoms with Crippen molar-refractivity contribution in [2.24, 2.45) is 0 Å². The first-order chi connectivity index (χ1) is 13.2. The lowest BCUT2D eigenvalue weighted by Crippen LogP contribution is -2.17. The van der Waals surface area contributed by atoms with Crippen LogP contribution in [0.2, 0.25) is 5.02 Å². The lowest BCUT2D eigenvalue weighted by Gasteiger charge is -2.04. The number of hydrogen-bond donors (Lipinski definition) is 2. The predicted octanol–water partition coefficient (Wildman–Crippen LogP) is 3.71. The molecule has 0 fully saturated rings. The number of aromatic nitrogens is 1. The number of carbonyl (C=O) groups excluding carboxylic acids is 2. The monoisotopic (exact) mass is 437 g/mol. The number of amides is 2. The van der Waals surface area contributed by atoms with E-state index in [-0.39, 0.29) is 23.0 Å². The molecule has 1 heterocycles. The topological polar surface area (TPSA) is 105 Å². The number of nitrogens with one attached hydrogen (secondary N) is 2. The second-order valence-corrected chi connectivity index (χ2v) is 9.53. The first kappa shape index (κ1) is 20.2. The standard InChI is InChI=1S/C18H16ClN3O4S2/c1-11(23)20-13-4-7-15-16(10-13)27-18(21-15)22-17(24)8-9-28(25,26)14-5-2-12(19)3-6-14/h2-7,10H,8-9H2,1H3,(H,20,23)(H,21,22,24). The number of hydrogen-bond acceptors (Lipinski definition) is 6. The first-order valence-electron chi connectivity index (χ1n) is 8.19. The minimum atomic E-state index is -3.58. The zero-order valence-electron chi connectivity index (χ0n) is 14.7. The highest BCUT2D eigenvalue weighted by Crippen LogP contribution is 2.28. The van der Waals surface area contributed by atoms with Crippen LogP contribution in [0, 0.1) is 0 Å². The van der Waals surface area contributed by atoms with Gasteiger partial charge < -0.3 is 10.6 Å². The van der Waals surface area contributed by atoms with Crippen molar-refractivity contribution in [3.63, 3.8) is 0 Å². The quantitative estimate of drug-likeness (QED) is 0.611. The third-order valence-electron chi connectivity index (χ3n) is 3.73. The number of sulfone groups is 1. The van der Waals surface area contributed by atoms with Crippen molar-refractivity contribution in [1.82, 2.24) is 4.98 Å². The maximum absolute atomic E-state index is 12.3. The number of halogens is 1. The van der Waals surface area contributed by atoms with Gasteiger partial charge in [-0.3, -0.25) is 9.59 Å². The maximum Gasteiger partial charge on any atom is 0.227 e. The summed E-state index contributed by atoms with van der Waals surface area (Å²) in [7, 11) is -3.58. The van der Waals surface area contributed by atoms with Crippen LogP contribution in [-0.4, -0.2) is 31.0 Å². The largest absolute Gasteiger partial charge is 0.326 e. The highest BCUT2D eigenvalue weighted by Gasteiger charge is 2.17. The second-order valence-electron chi connectivity index (χ2n) is 5.95. The maximum atomic E-state index is 12.3. The lowest BCUT2D eigenvalue weighted by atomic mass is 10.3. The Hall–Kier alpha value is -2.49. The lowest BCUT2D eigenvalue weighted by molar-refractivity contribution is -0.116. The van der Waals surface area contributed by atoms with Gasteiger partial charge in [-0.2, -0.15) is 0 Å². The fourth-order valence-corrected chi connectivity index (χ4v) is 4.72. The van der Waals surface area contributed by atoms with E-state index in [9.17, 15) is 18.0 Å². The zero-order valence-corrected chi connectivity index (χ0v) is 17.1. The van der Waals surface area contributed by atoms with Crippen LogP contribution in [0.5, 0.6) is 0 Å². The number of benzene rings is 2. The van der Waals surface area contributed by atoms with Crippen LogP contribution in [0.1, 0.15) is 13.3 Å². The van der Waals surface area contributed by atoms with Crippen LogP contribution in [0.25, 0.3) is 10.2 Å². The molecule has 0 aliphatic carbocycles. The van der Waals surface area contributed by atoms with Gasteiger partial charge in [-0.15, -0.1) is 0 Å². The van der Waals surface area contributed by atoms with Crippen molar-refractivity contribution in [2.75, 3.05) is 16.4 Å². The molecule has 0 atom stereocenters. The molecule has 0 aliphatic rings. The molecule has 0 spiro atoms. The molecule has 0 saturated carbocycles. The number of rotatable bonds is 6. The van der Waals surface area contributed by atoms with Gasteiger partial charge >= 0.3 is 0 Å². The molecule has 7 nitrogen and oxygen atoms in total. The van der Waals surface area contributed by atoms with Gasteiger partial charge in [0.2, 0.25) is 11.8 Å². The summed E-state index contributed by atoms with van der Waals surface area (Å²) in [6, 6.07) is 11.0. The van der Waals surface area contributed by atoms with Gasteiger partial charge in [-0.05, 0) is 42.5 Å². The zero-order chi connectivity index (χ0) is 20.3. The van der Waals surface area contributed by atoms with Gasteiger partial charge in [0.25, 0.3) is 0 Å². The van der Waals surface area contributed by atoms with Crippen LogP contribution in [0.4, 0.5) is 10.8 Å². The molecule has 146 valence electrons. The van der Waals surface area contributed by atoms with Gasteiger partial charge in [0.1, 0.15) is 0 Å². The van der Waals surface area contributed by atoms with E-state index in [0.29, 0.717) is 21.4 Å². The van der Waals surface area contributed by atoms with Gasteiger partial charge in [-0.25, -0.2) is 13.4 Å². The molecule has 3 rings (SSSR count). The van der Waals surface area contributed by atoms with E-state index in [0.717, 1.165) is 4.70 Å². The number of anilines is 2. The van der Waals surface area contributed by atoms with E-state index < -0.39 is 15.7 Å². The van der Waals surface area contributed by atoms with E-state index in [1.807, 2.05) is 0 Å². The summed E-state index contributed by atoms with van der Waals surface area (Å²) in [5, 5.41) is 6.10. The van der Waals surface area contributed by atoms with Crippen molar-refractivity contribution in [3.8, 4) is 0 Å². The summed E-state index contributed by atoms with van der Waals surface area (Å²) in [5.41, 5.74) is 1.30. The molecular weight excluding hydrogens is 422 g/mol. The van der Waals surface area contributed by atoms with Gasteiger partial charge in [-0.1, -0.05) is 22.9 Å². The number of thiazole rings is 1. The van der Waals surface area contributed by atoms with Crippen LogP contribution < -0.4 is 10.6 Å². The highest BCUT2D eigenvalue weighted by molar-refractivity contribution is 7.91. The fraction of sp³-hybridized carbons (Fsp3) is 0.167. The van der Waals surface area contributed by atoms with E-state index >= 15 is 0 Å². The highest BCUT2D eigenvalue weighted by atomic mass is 35.5. The predicted molar refractivity (Wildman–Crippen MR) is 111 cm³/mol. The van der Waals surface area contributed by atoms with Crippen LogP contribution in [-0.2, 0) is 19.4 Å². The van der Waals surface area contributed by atoms with E-state index in [4.69, 9.17) is 11.6 Å². The fourth-order valence-electron chi connectivity index (χ4n) is 2.43. The van der Waals surface area contributed by atoms with Crippen molar-refractivity contribution in [1.29, 1.82) is 0 Å². The molecule has 0 aliphatic heterocycles. The molecule has 0 radical (unpaired) electrons. The van der Waals surface area contributed by atoms with Gasteiger partial charge in [0, 0.05) is 24.1 Å². The second kappa shape index (κ2) is 8.26. The Morgan fingerprint density at radius 3 is 2.50 bits per heavy atom. The minimum Gasteiger partial charge on any atom is -0.326 e. The molecule has 2 N–H and O–H groups in total. The third-order valence-corrected chi connectivity index (χ3v) is 6.64. The number of carbonyl (C=O) groups is 2. The average Bonchev–Trinajstić information content (AvgIpc) is 3.01. The molecule has 0 saturated heterocycles. The van der Waals surface area contributed by atoms with Crippen molar-refractivity contribution < 1.29 is 18.0 Å². The molecule has 0 bridgehead atoms. The average molecular weight is 438 g/mol. The molecule has 0 unspecified atom stereocenters. The Morgan fingerprint density at radius 1 is 1.11 bits per heavy atom. The summed E-state index contributed by atoms with van der Waals surface area (Å²) >= 11 is 7.00. The Bertz CT molecular complexity index is 1140. The number of fused-ring (bicyclic) bond motifs is 1. The Balaban J connectivity index is 1.64. The molecule has 2 aromatic carbocycles. The Morgan fingerprint density at radius 2 is 1.82 bits per heavy atom. The minimum absolute atomic E-state index is 0.121. The van der Waals surface area contributed by atoms with Gasteiger partial charge in [0.15, 0.2) is 15.0 Å². The van der Waals surface area contributed by atoms with E-state index in [1.54, 1.807) is 18.2 Å². The van der Waals surface area contributed by atoms with Crippen molar-refractivity contribution >= 4 is 65.6 Å². The summed E-state index contributed by atoms with van der Waals surface area (Å²) in [5.74, 6) is -0.948. The van der Waals surface area contributed by atoms with E-state index in [1.165, 1.54) is 42.5 Å². The summed E-state index contributed by atoms with van der Waals surface area (Å²) in [4.78, 5) is 27.7. The normalized spacial score (nSPS) is 11.4. The number of nitrogens with zero attached hydrogens (tertiary/aromatic N) is 1. The van der Waals surface area contributed by atoms with Gasteiger partial charge in [0.05, 0.1) is 20.9 Å². The van der Waals surface area contributed by atoms with Crippen molar-refractivity contribution in [2.45, 2.75) is 18.2 Å². The summed E-state index contributed by atoms with van der Waals surface area (Å²) in [6.45, 7) is 1.42. The van der Waals surface area contributed by atoms with Crippen LogP contribution in [0.3, 0.4) is 0 Å². The Labute approximate surface area is 170 Å². The SMILES string of the molecule is CC(=O)Nc1ccc2nc(NC(=O)CCS(=O)(=O)c3ccc(Cl)cc3)sc2c1. The van der Waals surface area contributed by atoms with Crippen molar-refractivity contribution in [3.05, 3.63) is 47.5 Å². The molecular formula is C18H16ClN3O4S2. The summed E-state index contributed by atoms with van der Waals surface area (Å²) in [6.07, 6.45) is -0.196. The summed E-state index contributed by atoms with van der Waals surface area (Å²) < 4.78 is 25.4. The molecule has 10 heteroatoms. The first-order valence-corrected chi connectivity index (χ1v) is 11.0. The smallest absolute Gasteiger partial charge is 0.227 e. The van der Waals surface area contributed by atoms with Crippen LogP contribution in [0.15, 0.2) is 47.4 Å².